The fourth-order valence-corrected chi connectivity index (χ4v) is 2.21. The monoisotopic (exact) mass is 266 g/mol. The molecule has 6 heteroatoms. The Hall–Kier alpha value is -1.66. The maximum absolute atomic E-state index is 10.6. The van der Waals surface area contributed by atoms with E-state index in [1.54, 1.807) is 12.1 Å². The largest absolute Gasteiger partial charge is 0.492 e. The first-order chi connectivity index (χ1) is 9.15. The van der Waals surface area contributed by atoms with Gasteiger partial charge in [-0.1, -0.05) is 6.07 Å². The van der Waals surface area contributed by atoms with Crippen LogP contribution < -0.4 is 4.74 Å². The summed E-state index contributed by atoms with van der Waals surface area (Å²) in [5.74, 6) is 0.506. The summed E-state index contributed by atoms with van der Waals surface area (Å²) in [6, 6.07) is 6.18. The molecular formula is C13H18N2O4. The van der Waals surface area contributed by atoms with E-state index in [9.17, 15) is 15.2 Å². The van der Waals surface area contributed by atoms with Gasteiger partial charge >= 0.3 is 0 Å². The zero-order valence-electron chi connectivity index (χ0n) is 10.7. The van der Waals surface area contributed by atoms with Gasteiger partial charge in [-0.25, -0.2) is 0 Å². The number of ether oxygens (including phenoxy) is 1. The highest BCUT2D eigenvalue weighted by molar-refractivity contribution is 5.37. The molecule has 0 radical (unpaired) electrons. The Labute approximate surface area is 111 Å². The van der Waals surface area contributed by atoms with E-state index in [2.05, 4.69) is 4.90 Å². The van der Waals surface area contributed by atoms with E-state index in [1.165, 1.54) is 12.1 Å². The van der Waals surface area contributed by atoms with Gasteiger partial charge in [-0.2, -0.15) is 0 Å². The van der Waals surface area contributed by atoms with Crippen molar-refractivity contribution in [3.05, 3.63) is 34.4 Å². The highest BCUT2D eigenvalue weighted by Gasteiger charge is 2.17. The van der Waals surface area contributed by atoms with Crippen molar-refractivity contribution < 1.29 is 14.8 Å². The molecule has 104 valence electrons. The number of nitro groups is 1. The van der Waals surface area contributed by atoms with Crippen molar-refractivity contribution in [2.24, 2.45) is 0 Å². The molecule has 0 amide bonds. The van der Waals surface area contributed by atoms with Crippen LogP contribution in [0.1, 0.15) is 12.8 Å². The van der Waals surface area contributed by atoms with Crippen molar-refractivity contribution in [3.63, 3.8) is 0 Å². The molecule has 1 aliphatic rings. The number of aliphatic hydroxyl groups is 1. The molecule has 0 unspecified atom stereocenters. The average molecular weight is 266 g/mol. The maximum Gasteiger partial charge on any atom is 0.273 e. The summed E-state index contributed by atoms with van der Waals surface area (Å²) in [5, 5.41) is 20.2. The van der Waals surface area contributed by atoms with Gasteiger partial charge in [0.15, 0.2) is 0 Å². The fourth-order valence-electron chi connectivity index (χ4n) is 2.21. The second-order valence-corrected chi connectivity index (χ2v) is 4.70. The van der Waals surface area contributed by atoms with Crippen LogP contribution in [-0.2, 0) is 0 Å². The molecular weight excluding hydrogens is 248 g/mol. The summed E-state index contributed by atoms with van der Waals surface area (Å²) < 4.78 is 5.51. The maximum atomic E-state index is 10.6. The van der Waals surface area contributed by atoms with E-state index in [0.29, 0.717) is 18.9 Å². The third-order valence-electron chi connectivity index (χ3n) is 3.19. The number of piperidine rings is 1. The number of hydrogen-bond acceptors (Lipinski definition) is 5. The predicted molar refractivity (Wildman–Crippen MR) is 70.3 cm³/mol. The Bertz CT molecular complexity index is 438. The lowest BCUT2D eigenvalue weighted by atomic mass is 10.1. The number of hydrogen-bond donors (Lipinski definition) is 1. The predicted octanol–water partition coefficient (Wildman–Crippen LogP) is 1.43. The number of non-ortho nitro benzene ring substituents is 1. The number of nitro benzene ring substituents is 1. The van der Waals surface area contributed by atoms with Crippen molar-refractivity contribution in [1.29, 1.82) is 0 Å². The number of likely N-dealkylation sites (tertiary alicyclic amines) is 1. The molecule has 6 nitrogen and oxygen atoms in total. The van der Waals surface area contributed by atoms with Crippen molar-refractivity contribution in [2.75, 3.05) is 26.2 Å². The number of β-amino-alcohol motifs (C(OH)–C–C–N with tert-alkyl or cyclic N) is 1. The van der Waals surface area contributed by atoms with Crippen LogP contribution >= 0.6 is 0 Å². The van der Waals surface area contributed by atoms with E-state index >= 15 is 0 Å². The molecule has 1 atom stereocenters. The van der Waals surface area contributed by atoms with Crippen LogP contribution in [0.25, 0.3) is 0 Å². The third-order valence-corrected chi connectivity index (χ3v) is 3.19. The SMILES string of the molecule is O=[N+]([O-])c1cccc(OCCN2CCC[C@@H](O)C2)c1. The zero-order valence-corrected chi connectivity index (χ0v) is 10.7. The summed E-state index contributed by atoms with van der Waals surface area (Å²) in [5.41, 5.74) is 0.0332. The molecule has 1 aromatic carbocycles. The molecule has 1 N–H and O–H groups in total. The van der Waals surface area contributed by atoms with Crippen molar-refractivity contribution >= 4 is 5.69 Å². The molecule has 2 rings (SSSR count). The fraction of sp³-hybridized carbons (Fsp3) is 0.538. The minimum absolute atomic E-state index is 0.0332. The number of rotatable bonds is 5. The lowest BCUT2D eigenvalue weighted by Gasteiger charge is -2.29. The normalized spacial score (nSPS) is 20.2. The molecule has 1 aromatic rings. The van der Waals surface area contributed by atoms with Gasteiger partial charge in [-0.05, 0) is 25.5 Å². The molecule has 0 saturated carbocycles. The van der Waals surface area contributed by atoms with Crippen molar-refractivity contribution in [1.82, 2.24) is 4.90 Å². The Kier molecular flexibility index (Phi) is 4.70. The standard InChI is InChI=1S/C13H18N2O4/c16-12-4-2-6-14(10-12)7-8-19-13-5-1-3-11(9-13)15(17)18/h1,3,5,9,12,16H,2,4,6-8,10H2/t12-/m1/s1. The van der Waals surface area contributed by atoms with Gasteiger partial charge in [0.25, 0.3) is 5.69 Å². The second kappa shape index (κ2) is 6.49. The molecule has 0 aromatic heterocycles. The Morgan fingerprint density at radius 1 is 1.53 bits per heavy atom. The van der Waals surface area contributed by atoms with Crippen LogP contribution in [0.15, 0.2) is 24.3 Å². The number of benzene rings is 1. The minimum atomic E-state index is -0.437. The Morgan fingerprint density at radius 3 is 3.11 bits per heavy atom. The van der Waals surface area contributed by atoms with Gasteiger partial charge < -0.3 is 9.84 Å². The highest BCUT2D eigenvalue weighted by atomic mass is 16.6. The number of nitrogens with zero attached hydrogens (tertiary/aromatic N) is 2. The molecule has 0 spiro atoms. The van der Waals surface area contributed by atoms with E-state index in [1.807, 2.05) is 0 Å². The van der Waals surface area contributed by atoms with Crippen LogP contribution in [-0.4, -0.2) is 47.3 Å². The second-order valence-electron chi connectivity index (χ2n) is 4.70. The highest BCUT2D eigenvalue weighted by Crippen LogP contribution is 2.19. The molecule has 1 aliphatic heterocycles. The van der Waals surface area contributed by atoms with Crippen LogP contribution in [0.4, 0.5) is 5.69 Å². The molecule has 1 heterocycles. The molecule has 0 bridgehead atoms. The smallest absolute Gasteiger partial charge is 0.273 e. The van der Waals surface area contributed by atoms with Gasteiger partial charge in [0.05, 0.1) is 17.1 Å². The zero-order chi connectivity index (χ0) is 13.7. The average Bonchev–Trinajstić information content (AvgIpc) is 2.39. The number of aliphatic hydroxyl groups excluding tert-OH is 1. The Balaban J connectivity index is 1.79. The van der Waals surface area contributed by atoms with Gasteiger partial charge in [0.1, 0.15) is 12.4 Å². The summed E-state index contributed by atoms with van der Waals surface area (Å²) >= 11 is 0. The van der Waals surface area contributed by atoms with Crippen LogP contribution in [0, 0.1) is 10.1 Å². The van der Waals surface area contributed by atoms with Gasteiger partial charge in [0, 0.05) is 19.2 Å². The van der Waals surface area contributed by atoms with E-state index in [-0.39, 0.29) is 11.8 Å². The molecule has 1 saturated heterocycles. The van der Waals surface area contributed by atoms with Gasteiger partial charge in [-0.15, -0.1) is 0 Å². The van der Waals surface area contributed by atoms with Gasteiger partial charge in [0.2, 0.25) is 0 Å². The minimum Gasteiger partial charge on any atom is -0.492 e. The lowest BCUT2D eigenvalue weighted by Crippen LogP contribution is -2.40. The molecule has 1 fully saturated rings. The van der Waals surface area contributed by atoms with Crippen molar-refractivity contribution in [2.45, 2.75) is 18.9 Å². The summed E-state index contributed by atoms with van der Waals surface area (Å²) in [4.78, 5) is 12.3. The van der Waals surface area contributed by atoms with E-state index in [0.717, 1.165) is 25.9 Å². The lowest BCUT2D eigenvalue weighted by molar-refractivity contribution is -0.384. The van der Waals surface area contributed by atoms with Crippen LogP contribution in [0.2, 0.25) is 0 Å². The van der Waals surface area contributed by atoms with Crippen molar-refractivity contribution in [3.8, 4) is 5.75 Å². The first-order valence-electron chi connectivity index (χ1n) is 6.43. The van der Waals surface area contributed by atoms with E-state index < -0.39 is 4.92 Å². The Morgan fingerprint density at radius 2 is 2.37 bits per heavy atom. The van der Waals surface area contributed by atoms with Gasteiger partial charge in [-0.3, -0.25) is 15.0 Å². The molecule has 19 heavy (non-hydrogen) atoms. The molecule has 0 aliphatic carbocycles. The first-order valence-corrected chi connectivity index (χ1v) is 6.43. The third kappa shape index (κ3) is 4.18. The van der Waals surface area contributed by atoms with Crippen LogP contribution in [0.5, 0.6) is 5.75 Å². The van der Waals surface area contributed by atoms with Crippen LogP contribution in [0.3, 0.4) is 0 Å². The summed E-state index contributed by atoms with van der Waals surface area (Å²) in [7, 11) is 0. The summed E-state index contributed by atoms with van der Waals surface area (Å²) in [6.07, 6.45) is 1.62. The summed E-state index contributed by atoms with van der Waals surface area (Å²) in [6.45, 7) is 2.83. The quantitative estimate of drug-likeness (QED) is 0.644. The topological polar surface area (TPSA) is 75.8 Å². The van der Waals surface area contributed by atoms with E-state index in [4.69, 9.17) is 4.74 Å². The first kappa shape index (κ1) is 13.8.